The molecule has 1 aromatic heterocycles. The molecular formula is C12H8Cl2FNO. The molecule has 0 radical (unpaired) electrons. The maximum absolute atomic E-state index is 13.5. The second kappa shape index (κ2) is 5.34. The van der Waals surface area contributed by atoms with Crippen molar-refractivity contribution in [2.24, 2.45) is 0 Å². The Morgan fingerprint density at radius 2 is 2.00 bits per heavy atom. The van der Waals surface area contributed by atoms with E-state index >= 15 is 0 Å². The van der Waals surface area contributed by atoms with Crippen LogP contribution in [0, 0.1) is 5.82 Å². The molecule has 0 aliphatic carbocycles. The molecule has 2 nitrogen and oxygen atoms in total. The summed E-state index contributed by atoms with van der Waals surface area (Å²) in [4.78, 5) is 3.85. The van der Waals surface area contributed by atoms with Gasteiger partial charge in [-0.05, 0) is 18.2 Å². The van der Waals surface area contributed by atoms with Crippen molar-refractivity contribution >= 4 is 23.2 Å². The molecule has 1 aromatic carbocycles. The lowest BCUT2D eigenvalue weighted by Crippen LogP contribution is -1.99. The van der Waals surface area contributed by atoms with Gasteiger partial charge in [-0.2, -0.15) is 0 Å². The van der Waals surface area contributed by atoms with Gasteiger partial charge >= 0.3 is 0 Å². The van der Waals surface area contributed by atoms with Crippen molar-refractivity contribution in [3.05, 3.63) is 58.1 Å². The van der Waals surface area contributed by atoms with E-state index in [0.717, 1.165) is 0 Å². The number of aromatic nitrogens is 1. The number of rotatable bonds is 3. The number of hydrogen-bond acceptors (Lipinski definition) is 2. The van der Waals surface area contributed by atoms with Crippen LogP contribution in [0.15, 0.2) is 36.5 Å². The molecule has 17 heavy (non-hydrogen) atoms. The first-order chi connectivity index (χ1) is 8.18. The van der Waals surface area contributed by atoms with Crippen molar-refractivity contribution < 1.29 is 9.13 Å². The van der Waals surface area contributed by atoms with E-state index in [9.17, 15) is 4.39 Å². The molecule has 2 aromatic rings. The Bertz CT molecular complexity index is 534. The molecule has 0 amide bonds. The fourth-order valence-electron chi connectivity index (χ4n) is 1.29. The van der Waals surface area contributed by atoms with Crippen LogP contribution in [0.4, 0.5) is 4.39 Å². The third-order valence-corrected chi connectivity index (χ3v) is 2.72. The Kier molecular flexibility index (Phi) is 3.82. The average molecular weight is 272 g/mol. The van der Waals surface area contributed by atoms with Crippen molar-refractivity contribution in [3.63, 3.8) is 0 Å². The molecule has 1 heterocycles. The van der Waals surface area contributed by atoms with Gasteiger partial charge < -0.3 is 4.74 Å². The van der Waals surface area contributed by atoms with Gasteiger partial charge in [-0.15, -0.1) is 0 Å². The van der Waals surface area contributed by atoms with E-state index in [1.807, 2.05) is 0 Å². The van der Waals surface area contributed by atoms with Gasteiger partial charge in [0.05, 0.1) is 5.02 Å². The number of ether oxygens (including phenoxy) is 1. The van der Waals surface area contributed by atoms with E-state index in [2.05, 4.69) is 4.98 Å². The highest BCUT2D eigenvalue weighted by Crippen LogP contribution is 2.23. The fourth-order valence-corrected chi connectivity index (χ4v) is 1.66. The molecule has 0 saturated carbocycles. The summed E-state index contributed by atoms with van der Waals surface area (Å²) in [6, 6.07) is 8.10. The van der Waals surface area contributed by atoms with Crippen LogP contribution in [0.2, 0.25) is 10.2 Å². The number of halogens is 3. The number of pyridine rings is 1. The summed E-state index contributed by atoms with van der Waals surface area (Å²) in [5, 5.41) is 0.318. The molecule has 0 aliphatic rings. The summed E-state index contributed by atoms with van der Waals surface area (Å²) in [6.07, 6.45) is 1.55. The fraction of sp³-hybridized carbons (Fsp3) is 0.0833. The standard InChI is InChI=1S/C12H8Cl2FNO/c13-9-4-1-3-8(11(9)15)7-17-10-5-2-6-16-12(10)14/h1-6H,7H2. The molecular weight excluding hydrogens is 264 g/mol. The Morgan fingerprint density at radius 3 is 2.76 bits per heavy atom. The van der Waals surface area contributed by atoms with Gasteiger partial charge in [0.15, 0.2) is 10.9 Å². The first-order valence-electron chi connectivity index (χ1n) is 4.84. The highest BCUT2D eigenvalue weighted by atomic mass is 35.5. The smallest absolute Gasteiger partial charge is 0.171 e. The molecule has 0 bridgehead atoms. The van der Waals surface area contributed by atoms with Crippen LogP contribution in [-0.4, -0.2) is 4.98 Å². The van der Waals surface area contributed by atoms with E-state index in [1.165, 1.54) is 6.07 Å². The number of nitrogens with zero attached hydrogens (tertiary/aromatic N) is 1. The topological polar surface area (TPSA) is 22.1 Å². The van der Waals surface area contributed by atoms with Crippen LogP contribution in [0.5, 0.6) is 5.75 Å². The maximum atomic E-state index is 13.5. The monoisotopic (exact) mass is 271 g/mol. The molecule has 0 unspecified atom stereocenters. The van der Waals surface area contributed by atoms with E-state index in [1.54, 1.807) is 30.5 Å². The third kappa shape index (κ3) is 2.87. The molecule has 2 rings (SSSR count). The summed E-state index contributed by atoms with van der Waals surface area (Å²) in [5.74, 6) is -0.0669. The maximum Gasteiger partial charge on any atom is 0.171 e. The van der Waals surface area contributed by atoms with Crippen molar-refractivity contribution in [1.82, 2.24) is 4.98 Å². The normalized spacial score (nSPS) is 10.3. The predicted molar refractivity (Wildman–Crippen MR) is 65.0 cm³/mol. The number of hydrogen-bond donors (Lipinski definition) is 0. The average Bonchev–Trinajstić information content (AvgIpc) is 2.33. The zero-order valence-corrected chi connectivity index (χ0v) is 10.2. The minimum absolute atomic E-state index is 0.0534. The zero-order chi connectivity index (χ0) is 12.3. The Morgan fingerprint density at radius 1 is 1.18 bits per heavy atom. The van der Waals surface area contributed by atoms with Crippen LogP contribution in [0.25, 0.3) is 0 Å². The van der Waals surface area contributed by atoms with Gasteiger partial charge in [0.25, 0.3) is 0 Å². The van der Waals surface area contributed by atoms with Crippen LogP contribution >= 0.6 is 23.2 Å². The quantitative estimate of drug-likeness (QED) is 0.784. The lowest BCUT2D eigenvalue weighted by atomic mass is 10.2. The first-order valence-corrected chi connectivity index (χ1v) is 5.60. The van der Waals surface area contributed by atoms with E-state index in [0.29, 0.717) is 11.3 Å². The summed E-state index contributed by atoms with van der Waals surface area (Å²) in [7, 11) is 0. The molecule has 5 heteroatoms. The van der Waals surface area contributed by atoms with Gasteiger partial charge in [0, 0.05) is 11.8 Å². The highest BCUT2D eigenvalue weighted by molar-refractivity contribution is 6.31. The van der Waals surface area contributed by atoms with Crippen LogP contribution in [-0.2, 0) is 6.61 Å². The minimum atomic E-state index is -0.478. The lowest BCUT2D eigenvalue weighted by Gasteiger charge is -2.08. The molecule has 0 spiro atoms. The predicted octanol–water partition coefficient (Wildman–Crippen LogP) is 4.11. The van der Waals surface area contributed by atoms with Crippen molar-refractivity contribution in [3.8, 4) is 5.75 Å². The van der Waals surface area contributed by atoms with Crippen LogP contribution < -0.4 is 4.74 Å². The van der Waals surface area contributed by atoms with Crippen molar-refractivity contribution in [1.29, 1.82) is 0 Å². The third-order valence-electron chi connectivity index (χ3n) is 2.14. The molecule has 0 atom stereocenters. The van der Waals surface area contributed by atoms with Gasteiger partial charge in [0.2, 0.25) is 0 Å². The summed E-state index contributed by atoms with van der Waals surface area (Å²) in [5.41, 5.74) is 0.373. The van der Waals surface area contributed by atoms with Gasteiger partial charge in [-0.1, -0.05) is 35.3 Å². The van der Waals surface area contributed by atoms with E-state index in [4.69, 9.17) is 27.9 Å². The van der Waals surface area contributed by atoms with Gasteiger partial charge in [0.1, 0.15) is 12.4 Å². The van der Waals surface area contributed by atoms with E-state index < -0.39 is 5.82 Å². The molecule has 0 N–H and O–H groups in total. The Labute approximate surface area is 108 Å². The first kappa shape index (κ1) is 12.1. The molecule has 0 saturated heterocycles. The summed E-state index contributed by atoms with van der Waals surface area (Å²) >= 11 is 11.5. The van der Waals surface area contributed by atoms with E-state index in [-0.39, 0.29) is 16.8 Å². The highest BCUT2D eigenvalue weighted by Gasteiger charge is 2.08. The SMILES string of the molecule is Fc1c(Cl)cccc1COc1cccnc1Cl. The second-order valence-electron chi connectivity index (χ2n) is 3.29. The van der Waals surface area contributed by atoms with Gasteiger partial charge in [-0.25, -0.2) is 9.37 Å². The van der Waals surface area contributed by atoms with Gasteiger partial charge in [-0.3, -0.25) is 0 Å². The Balaban J connectivity index is 2.13. The number of benzene rings is 1. The molecule has 0 aliphatic heterocycles. The largest absolute Gasteiger partial charge is 0.486 e. The summed E-state index contributed by atoms with van der Waals surface area (Å²) in [6.45, 7) is 0.0534. The molecule has 88 valence electrons. The minimum Gasteiger partial charge on any atom is -0.486 e. The van der Waals surface area contributed by atoms with Crippen LogP contribution in [0.1, 0.15) is 5.56 Å². The van der Waals surface area contributed by atoms with Crippen molar-refractivity contribution in [2.45, 2.75) is 6.61 Å². The van der Waals surface area contributed by atoms with Crippen LogP contribution in [0.3, 0.4) is 0 Å². The summed E-state index contributed by atoms with van der Waals surface area (Å²) < 4.78 is 18.9. The lowest BCUT2D eigenvalue weighted by molar-refractivity contribution is 0.299. The second-order valence-corrected chi connectivity index (χ2v) is 4.06. The Hall–Kier alpha value is -1.32. The molecule has 0 fully saturated rings. The van der Waals surface area contributed by atoms with Crippen molar-refractivity contribution in [2.75, 3.05) is 0 Å². The zero-order valence-electron chi connectivity index (χ0n) is 8.66.